The molecule has 0 aromatic carbocycles. The molecule has 4 rings (SSSR count). The minimum absolute atomic E-state index is 0. The monoisotopic (exact) mass is 411 g/mol. The fourth-order valence-electron chi connectivity index (χ4n) is 4.62. The van der Waals surface area contributed by atoms with Gasteiger partial charge in [0.1, 0.15) is 0 Å². The minimum atomic E-state index is 0. The molecule has 0 atom stereocenters. The van der Waals surface area contributed by atoms with Gasteiger partial charge in [-0.3, -0.25) is 4.79 Å². The van der Waals surface area contributed by atoms with Gasteiger partial charge in [-0.1, -0.05) is 12.1 Å². The molecule has 1 aliphatic carbocycles. The number of amides is 1. The van der Waals surface area contributed by atoms with Crippen molar-refractivity contribution in [2.75, 3.05) is 26.2 Å². The zero-order valence-electron chi connectivity index (χ0n) is 16.9. The highest BCUT2D eigenvalue weighted by Crippen LogP contribution is 2.28. The summed E-state index contributed by atoms with van der Waals surface area (Å²) >= 11 is 0. The lowest BCUT2D eigenvalue weighted by atomic mass is 9.88. The first-order valence-electron chi connectivity index (χ1n) is 10.8. The molecule has 0 radical (unpaired) electrons. The van der Waals surface area contributed by atoms with Gasteiger partial charge in [-0.15, -0.1) is 17.5 Å². The summed E-state index contributed by atoms with van der Waals surface area (Å²) in [5, 5.41) is 11.7. The van der Waals surface area contributed by atoms with Gasteiger partial charge in [0, 0.05) is 13.1 Å². The minimum Gasteiger partial charge on any atom is -0.375 e. The molecule has 1 aromatic rings. The first-order chi connectivity index (χ1) is 13.2. The lowest BCUT2D eigenvalue weighted by Crippen LogP contribution is -2.42. The smallest absolute Gasteiger partial charge is 0.276 e. The molecular weight excluding hydrogens is 378 g/mol. The average molecular weight is 412 g/mol. The van der Waals surface area contributed by atoms with Crippen molar-refractivity contribution in [1.29, 1.82) is 0 Å². The molecule has 2 aliphatic heterocycles. The summed E-state index contributed by atoms with van der Waals surface area (Å²) in [5.74, 6) is 0.864. The molecule has 1 saturated carbocycles. The van der Waals surface area contributed by atoms with Gasteiger partial charge in [0.15, 0.2) is 5.69 Å². The first kappa shape index (κ1) is 21.5. The van der Waals surface area contributed by atoms with Crippen molar-refractivity contribution < 1.29 is 9.53 Å². The molecule has 28 heavy (non-hydrogen) atoms. The van der Waals surface area contributed by atoms with E-state index in [1.165, 1.54) is 25.7 Å². The number of piperidine rings is 2. The van der Waals surface area contributed by atoms with Gasteiger partial charge in [-0.05, 0) is 70.4 Å². The van der Waals surface area contributed by atoms with E-state index in [0.717, 1.165) is 57.8 Å². The largest absolute Gasteiger partial charge is 0.375 e. The van der Waals surface area contributed by atoms with Crippen LogP contribution < -0.4 is 5.32 Å². The van der Waals surface area contributed by atoms with Crippen LogP contribution in [0.2, 0.25) is 0 Å². The maximum Gasteiger partial charge on any atom is 0.276 e. The van der Waals surface area contributed by atoms with Gasteiger partial charge < -0.3 is 15.0 Å². The molecule has 7 nitrogen and oxygen atoms in total. The normalized spacial score (nSPS) is 27.4. The summed E-state index contributed by atoms with van der Waals surface area (Å²) in [4.78, 5) is 14.7. The van der Waals surface area contributed by atoms with Crippen molar-refractivity contribution in [3.63, 3.8) is 0 Å². The van der Waals surface area contributed by atoms with Crippen molar-refractivity contribution in [3.8, 4) is 0 Å². The van der Waals surface area contributed by atoms with E-state index >= 15 is 0 Å². The second kappa shape index (κ2) is 10.0. The molecule has 0 bridgehead atoms. The summed E-state index contributed by atoms with van der Waals surface area (Å²) in [6.07, 6.45) is 11.5. The number of hydrogen-bond donors (Lipinski definition) is 1. The lowest BCUT2D eigenvalue weighted by Gasteiger charge is -2.35. The maximum absolute atomic E-state index is 12.8. The van der Waals surface area contributed by atoms with Crippen LogP contribution in [0.25, 0.3) is 0 Å². The van der Waals surface area contributed by atoms with E-state index < -0.39 is 0 Å². The summed E-state index contributed by atoms with van der Waals surface area (Å²) < 4.78 is 8.20. The molecule has 3 fully saturated rings. The molecular formula is C20H34ClN5O2. The third-order valence-corrected chi connectivity index (χ3v) is 6.49. The molecule has 8 heteroatoms. The number of likely N-dealkylation sites (tertiary alicyclic amines) is 1. The van der Waals surface area contributed by atoms with Gasteiger partial charge in [0.25, 0.3) is 5.91 Å². The standard InChI is InChI=1S/C20H33N5O2.ClH/c1-15-2-4-17(5-3-15)27-18-8-12-24(13-9-18)20(26)19-14-25(23-22-19)16-6-10-21-11-7-16;/h14-18,21H,2-13H2,1H3;1H. The summed E-state index contributed by atoms with van der Waals surface area (Å²) in [6, 6.07) is 0.359. The van der Waals surface area contributed by atoms with Crippen LogP contribution in [-0.2, 0) is 4.74 Å². The highest BCUT2D eigenvalue weighted by atomic mass is 35.5. The Balaban J connectivity index is 0.00000225. The molecule has 0 unspecified atom stereocenters. The molecule has 1 amide bonds. The van der Waals surface area contributed by atoms with E-state index in [1.807, 2.05) is 15.8 Å². The Morgan fingerprint density at radius 2 is 1.68 bits per heavy atom. The van der Waals surface area contributed by atoms with Crippen LogP contribution >= 0.6 is 12.4 Å². The van der Waals surface area contributed by atoms with Crippen LogP contribution in [0.5, 0.6) is 0 Å². The van der Waals surface area contributed by atoms with Gasteiger partial charge >= 0.3 is 0 Å². The number of rotatable bonds is 4. The Labute approximate surface area is 174 Å². The molecule has 2 saturated heterocycles. The number of halogens is 1. The number of nitrogens with zero attached hydrogens (tertiary/aromatic N) is 4. The second-order valence-corrected chi connectivity index (χ2v) is 8.57. The summed E-state index contributed by atoms with van der Waals surface area (Å²) in [5.41, 5.74) is 0.481. The molecule has 1 N–H and O–H groups in total. The number of carbonyl (C=O) groups excluding carboxylic acids is 1. The van der Waals surface area contributed by atoms with E-state index in [4.69, 9.17) is 4.74 Å². The third kappa shape index (κ3) is 5.24. The van der Waals surface area contributed by atoms with Crippen LogP contribution in [0.1, 0.15) is 74.8 Å². The Morgan fingerprint density at radius 1 is 1.04 bits per heavy atom. The van der Waals surface area contributed by atoms with Crippen molar-refractivity contribution in [3.05, 3.63) is 11.9 Å². The Morgan fingerprint density at radius 3 is 2.36 bits per heavy atom. The number of ether oxygens (including phenoxy) is 1. The van der Waals surface area contributed by atoms with Crippen molar-refractivity contribution in [2.45, 2.75) is 76.5 Å². The molecule has 158 valence electrons. The van der Waals surface area contributed by atoms with E-state index in [2.05, 4.69) is 22.6 Å². The van der Waals surface area contributed by atoms with Crippen LogP contribution in [0, 0.1) is 5.92 Å². The molecule has 0 spiro atoms. The number of aromatic nitrogens is 3. The lowest BCUT2D eigenvalue weighted by molar-refractivity contribution is -0.0571. The Bertz CT molecular complexity index is 618. The number of hydrogen-bond acceptors (Lipinski definition) is 5. The maximum atomic E-state index is 12.8. The average Bonchev–Trinajstić information content (AvgIpc) is 3.21. The third-order valence-electron chi connectivity index (χ3n) is 6.49. The second-order valence-electron chi connectivity index (χ2n) is 8.57. The topological polar surface area (TPSA) is 72.3 Å². The highest BCUT2D eigenvalue weighted by molar-refractivity contribution is 5.92. The zero-order chi connectivity index (χ0) is 18.6. The number of nitrogens with one attached hydrogen (secondary N) is 1. The van der Waals surface area contributed by atoms with E-state index in [0.29, 0.717) is 23.9 Å². The predicted octanol–water partition coefficient (Wildman–Crippen LogP) is 2.82. The van der Waals surface area contributed by atoms with Crippen molar-refractivity contribution in [1.82, 2.24) is 25.2 Å². The van der Waals surface area contributed by atoms with Gasteiger partial charge in [-0.2, -0.15) is 0 Å². The Kier molecular flexibility index (Phi) is 7.71. The highest BCUT2D eigenvalue weighted by Gasteiger charge is 2.29. The Hall–Kier alpha value is -1.18. The molecule has 1 aromatic heterocycles. The van der Waals surface area contributed by atoms with E-state index in [1.54, 1.807) is 0 Å². The predicted molar refractivity (Wildman–Crippen MR) is 110 cm³/mol. The van der Waals surface area contributed by atoms with Crippen LogP contribution in [0.15, 0.2) is 6.20 Å². The van der Waals surface area contributed by atoms with Gasteiger partial charge in [0.05, 0.1) is 24.4 Å². The van der Waals surface area contributed by atoms with Gasteiger partial charge in [0.2, 0.25) is 0 Å². The van der Waals surface area contributed by atoms with Crippen LogP contribution in [0.3, 0.4) is 0 Å². The first-order valence-corrected chi connectivity index (χ1v) is 10.8. The van der Waals surface area contributed by atoms with Crippen molar-refractivity contribution in [2.24, 2.45) is 5.92 Å². The fourth-order valence-corrected chi connectivity index (χ4v) is 4.62. The van der Waals surface area contributed by atoms with E-state index in [-0.39, 0.29) is 18.3 Å². The number of carbonyl (C=O) groups is 1. The summed E-state index contributed by atoms with van der Waals surface area (Å²) in [6.45, 7) is 5.85. The zero-order valence-corrected chi connectivity index (χ0v) is 17.7. The molecule has 3 aliphatic rings. The summed E-state index contributed by atoms with van der Waals surface area (Å²) in [7, 11) is 0. The van der Waals surface area contributed by atoms with Gasteiger partial charge in [-0.25, -0.2) is 4.68 Å². The van der Waals surface area contributed by atoms with E-state index in [9.17, 15) is 4.79 Å². The fraction of sp³-hybridized carbons (Fsp3) is 0.850. The molecule has 3 heterocycles. The SMILES string of the molecule is CC1CCC(OC2CCN(C(=O)c3cn(C4CCNCC4)nn3)CC2)CC1.Cl. The van der Waals surface area contributed by atoms with Crippen molar-refractivity contribution >= 4 is 18.3 Å². The quantitative estimate of drug-likeness (QED) is 0.824. The van der Waals surface area contributed by atoms with Crippen LogP contribution in [-0.4, -0.2) is 64.2 Å². The van der Waals surface area contributed by atoms with Crippen LogP contribution in [0.4, 0.5) is 0 Å².